The summed E-state index contributed by atoms with van der Waals surface area (Å²) in [5, 5.41) is 3.51. The molecule has 1 aromatic carbocycles. The average molecular weight is 294 g/mol. The van der Waals surface area contributed by atoms with E-state index in [0.717, 1.165) is 18.7 Å². The van der Waals surface area contributed by atoms with Gasteiger partial charge in [-0.2, -0.15) is 0 Å². The zero-order valence-corrected chi connectivity index (χ0v) is 13.4. The monoisotopic (exact) mass is 294 g/mol. The molecule has 0 aromatic heterocycles. The molecule has 1 N–H and O–H groups in total. The largest absolute Gasteiger partial charge is 0.494 e. The molecular formula is C17H27FN2O. The van der Waals surface area contributed by atoms with Gasteiger partial charge in [-0.05, 0) is 38.9 Å². The van der Waals surface area contributed by atoms with Gasteiger partial charge in [-0.15, -0.1) is 0 Å². The Morgan fingerprint density at radius 1 is 1.43 bits per heavy atom. The standard InChI is InChI=1S/C17H27FN2O/c1-4-19-13(2)15-9-5-6-11-20(15)12-14-8-7-10-16(21-3)17(14)18/h7-8,10,13,15,19H,4-6,9,11-12H2,1-3H3. The number of benzene rings is 1. The molecule has 1 aromatic rings. The van der Waals surface area contributed by atoms with Crippen molar-refractivity contribution in [2.75, 3.05) is 20.2 Å². The van der Waals surface area contributed by atoms with Gasteiger partial charge in [0.1, 0.15) is 0 Å². The number of likely N-dealkylation sites (N-methyl/N-ethyl adjacent to an activating group) is 1. The van der Waals surface area contributed by atoms with Crippen LogP contribution in [0.2, 0.25) is 0 Å². The Hall–Kier alpha value is -1.13. The lowest BCUT2D eigenvalue weighted by Crippen LogP contribution is -2.50. The molecular weight excluding hydrogens is 267 g/mol. The van der Waals surface area contributed by atoms with E-state index in [9.17, 15) is 4.39 Å². The number of nitrogens with one attached hydrogen (secondary N) is 1. The first-order valence-electron chi connectivity index (χ1n) is 7.96. The first-order chi connectivity index (χ1) is 10.2. The van der Waals surface area contributed by atoms with Crippen molar-refractivity contribution in [3.05, 3.63) is 29.6 Å². The number of hydrogen-bond donors (Lipinski definition) is 1. The summed E-state index contributed by atoms with van der Waals surface area (Å²) in [6, 6.07) is 6.31. The maximum atomic E-state index is 14.3. The molecule has 1 aliphatic heterocycles. The van der Waals surface area contributed by atoms with Gasteiger partial charge in [-0.25, -0.2) is 4.39 Å². The van der Waals surface area contributed by atoms with Crippen LogP contribution in [-0.2, 0) is 6.54 Å². The fourth-order valence-corrected chi connectivity index (χ4v) is 3.29. The van der Waals surface area contributed by atoms with E-state index in [1.807, 2.05) is 12.1 Å². The highest BCUT2D eigenvalue weighted by Crippen LogP contribution is 2.26. The van der Waals surface area contributed by atoms with Crippen molar-refractivity contribution in [2.24, 2.45) is 0 Å². The van der Waals surface area contributed by atoms with Crippen LogP contribution in [0.1, 0.15) is 38.7 Å². The van der Waals surface area contributed by atoms with Crippen LogP contribution in [0.4, 0.5) is 4.39 Å². The van der Waals surface area contributed by atoms with E-state index >= 15 is 0 Å². The summed E-state index contributed by atoms with van der Waals surface area (Å²) in [5.74, 6) is 0.112. The summed E-state index contributed by atoms with van der Waals surface area (Å²) in [6.45, 7) is 7.03. The van der Waals surface area contributed by atoms with Crippen LogP contribution in [0.5, 0.6) is 5.75 Å². The molecule has 2 unspecified atom stereocenters. The SMILES string of the molecule is CCNC(C)C1CCCCN1Cc1cccc(OC)c1F. The van der Waals surface area contributed by atoms with Gasteiger partial charge >= 0.3 is 0 Å². The zero-order valence-electron chi connectivity index (χ0n) is 13.4. The molecule has 118 valence electrons. The topological polar surface area (TPSA) is 24.5 Å². The summed E-state index contributed by atoms with van der Waals surface area (Å²) in [7, 11) is 1.51. The van der Waals surface area contributed by atoms with Gasteiger partial charge in [-0.3, -0.25) is 4.90 Å². The molecule has 2 atom stereocenters. The van der Waals surface area contributed by atoms with Crippen molar-refractivity contribution in [2.45, 2.75) is 51.7 Å². The number of nitrogens with zero attached hydrogens (tertiary/aromatic N) is 1. The molecule has 2 rings (SSSR count). The van der Waals surface area contributed by atoms with E-state index in [0.29, 0.717) is 24.4 Å². The summed E-state index contributed by atoms with van der Waals surface area (Å²) < 4.78 is 19.4. The van der Waals surface area contributed by atoms with Crippen molar-refractivity contribution in [3.8, 4) is 5.75 Å². The highest BCUT2D eigenvalue weighted by Gasteiger charge is 2.27. The number of rotatable bonds is 6. The van der Waals surface area contributed by atoms with Crippen molar-refractivity contribution >= 4 is 0 Å². The molecule has 21 heavy (non-hydrogen) atoms. The van der Waals surface area contributed by atoms with E-state index in [2.05, 4.69) is 24.1 Å². The van der Waals surface area contributed by atoms with E-state index in [-0.39, 0.29) is 5.82 Å². The number of ether oxygens (including phenoxy) is 1. The third-order valence-electron chi connectivity index (χ3n) is 4.40. The predicted molar refractivity (Wildman–Crippen MR) is 84.1 cm³/mol. The second-order valence-electron chi connectivity index (χ2n) is 5.81. The number of methoxy groups -OCH3 is 1. The van der Waals surface area contributed by atoms with Crippen LogP contribution >= 0.6 is 0 Å². The second kappa shape index (κ2) is 7.76. The fraction of sp³-hybridized carbons (Fsp3) is 0.647. The Kier molecular flexibility index (Phi) is 6.00. The lowest BCUT2D eigenvalue weighted by atomic mass is 9.95. The molecule has 0 spiro atoms. The minimum absolute atomic E-state index is 0.222. The van der Waals surface area contributed by atoms with E-state index in [1.165, 1.54) is 26.4 Å². The molecule has 4 heteroatoms. The Labute approximate surface area is 127 Å². The van der Waals surface area contributed by atoms with Crippen LogP contribution in [0.15, 0.2) is 18.2 Å². The van der Waals surface area contributed by atoms with Crippen molar-refractivity contribution < 1.29 is 9.13 Å². The first-order valence-corrected chi connectivity index (χ1v) is 7.96. The van der Waals surface area contributed by atoms with E-state index in [4.69, 9.17) is 4.74 Å². The zero-order chi connectivity index (χ0) is 15.2. The molecule has 3 nitrogen and oxygen atoms in total. The summed E-state index contributed by atoms with van der Waals surface area (Å²) in [6.07, 6.45) is 3.64. The highest BCUT2D eigenvalue weighted by molar-refractivity contribution is 5.31. The van der Waals surface area contributed by atoms with Crippen LogP contribution in [-0.4, -0.2) is 37.2 Å². The maximum Gasteiger partial charge on any atom is 0.169 e. The predicted octanol–water partition coefficient (Wildman–Crippen LogP) is 3.19. The molecule has 0 aliphatic carbocycles. The summed E-state index contributed by atoms with van der Waals surface area (Å²) in [5.41, 5.74) is 0.727. The average Bonchev–Trinajstić information content (AvgIpc) is 2.50. The Balaban J connectivity index is 2.12. The molecule has 1 saturated heterocycles. The molecule has 1 aliphatic rings. The van der Waals surface area contributed by atoms with Gasteiger partial charge in [0, 0.05) is 24.2 Å². The summed E-state index contributed by atoms with van der Waals surface area (Å²) in [4.78, 5) is 2.41. The maximum absolute atomic E-state index is 14.3. The smallest absolute Gasteiger partial charge is 0.169 e. The minimum atomic E-state index is -0.222. The Morgan fingerprint density at radius 3 is 2.95 bits per heavy atom. The number of hydrogen-bond acceptors (Lipinski definition) is 3. The van der Waals surface area contributed by atoms with Gasteiger partial charge in [0.2, 0.25) is 0 Å². The van der Waals surface area contributed by atoms with Gasteiger partial charge in [0.15, 0.2) is 11.6 Å². The van der Waals surface area contributed by atoms with Crippen molar-refractivity contribution in [1.82, 2.24) is 10.2 Å². The quantitative estimate of drug-likeness (QED) is 0.872. The molecule has 1 heterocycles. The van der Waals surface area contributed by atoms with Crippen LogP contribution in [0, 0.1) is 5.82 Å². The molecule has 0 saturated carbocycles. The third-order valence-corrected chi connectivity index (χ3v) is 4.40. The number of piperidine rings is 1. The van der Waals surface area contributed by atoms with Crippen LogP contribution in [0.25, 0.3) is 0 Å². The van der Waals surface area contributed by atoms with Crippen LogP contribution < -0.4 is 10.1 Å². The van der Waals surface area contributed by atoms with Gasteiger partial charge in [0.25, 0.3) is 0 Å². The highest BCUT2D eigenvalue weighted by atomic mass is 19.1. The normalized spacial score (nSPS) is 21.2. The molecule has 0 amide bonds. The Bertz CT molecular complexity index is 452. The van der Waals surface area contributed by atoms with Crippen LogP contribution in [0.3, 0.4) is 0 Å². The molecule has 0 radical (unpaired) electrons. The lowest BCUT2D eigenvalue weighted by Gasteiger charge is -2.39. The number of likely N-dealkylation sites (tertiary alicyclic amines) is 1. The van der Waals surface area contributed by atoms with Crippen molar-refractivity contribution in [3.63, 3.8) is 0 Å². The lowest BCUT2D eigenvalue weighted by molar-refractivity contribution is 0.111. The number of halogens is 1. The van der Waals surface area contributed by atoms with Gasteiger partial charge < -0.3 is 10.1 Å². The van der Waals surface area contributed by atoms with Gasteiger partial charge in [0.05, 0.1) is 7.11 Å². The Morgan fingerprint density at radius 2 is 2.24 bits per heavy atom. The first kappa shape index (κ1) is 16.2. The molecule has 0 bridgehead atoms. The van der Waals surface area contributed by atoms with E-state index < -0.39 is 0 Å². The third kappa shape index (κ3) is 3.95. The molecule has 1 fully saturated rings. The fourth-order valence-electron chi connectivity index (χ4n) is 3.29. The van der Waals surface area contributed by atoms with E-state index in [1.54, 1.807) is 6.07 Å². The van der Waals surface area contributed by atoms with Gasteiger partial charge in [-0.1, -0.05) is 25.5 Å². The minimum Gasteiger partial charge on any atom is -0.494 e. The summed E-state index contributed by atoms with van der Waals surface area (Å²) >= 11 is 0. The second-order valence-corrected chi connectivity index (χ2v) is 5.81. The van der Waals surface area contributed by atoms with Crippen molar-refractivity contribution in [1.29, 1.82) is 0 Å².